The molecule has 0 aliphatic carbocycles. The summed E-state index contributed by atoms with van der Waals surface area (Å²) in [6.07, 6.45) is 30.9. The number of hydrogen-bond acceptors (Lipinski definition) is 0. The first-order chi connectivity index (χ1) is 19.9. The molecule has 0 saturated heterocycles. The summed E-state index contributed by atoms with van der Waals surface area (Å²) in [6.45, 7) is 28.8. The second-order valence-electron chi connectivity index (χ2n) is 16.8. The molecule has 0 heterocycles. The monoisotopic (exact) mass is 589 g/mol. The molecule has 0 fully saturated rings. The molecule has 0 aliphatic rings. The summed E-state index contributed by atoms with van der Waals surface area (Å²) in [5.41, 5.74) is 1.51. The van der Waals surface area contributed by atoms with E-state index >= 15 is 0 Å². The van der Waals surface area contributed by atoms with Crippen molar-refractivity contribution >= 4 is 0 Å². The summed E-state index contributed by atoms with van der Waals surface area (Å²) in [6, 6.07) is 0. The minimum atomic E-state index is 0.858. The number of rotatable bonds is 30. The highest BCUT2D eigenvalue weighted by Crippen LogP contribution is 2.26. The van der Waals surface area contributed by atoms with Crippen molar-refractivity contribution in [3.8, 4) is 0 Å². The van der Waals surface area contributed by atoms with E-state index in [0.29, 0.717) is 0 Å². The zero-order chi connectivity index (χ0) is 31.8. The summed E-state index contributed by atoms with van der Waals surface area (Å²) in [7, 11) is 0. The predicted molar refractivity (Wildman–Crippen MR) is 195 cm³/mol. The largest absolute Gasteiger partial charge is 0.0999 e. The Morgan fingerprint density at radius 2 is 0.500 bits per heavy atom. The molecule has 252 valence electrons. The fourth-order valence-corrected chi connectivity index (χ4v) is 6.90. The van der Waals surface area contributed by atoms with Gasteiger partial charge in [-0.05, 0) is 73.0 Å². The van der Waals surface area contributed by atoms with E-state index in [0.717, 1.165) is 47.3 Å². The smallest absolute Gasteiger partial charge is 0.0320 e. The highest BCUT2D eigenvalue weighted by Gasteiger charge is 2.11. The Labute approximate surface area is 269 Å². The van der Waals surface area contributed by atoms with Crippen LogP contribution in [0.3, 0.4) is 0 Å². The van der Waals surface area contributed by atoms with Crippen LogP contribution in [0.5, 0.6) is 0 Å². The van der Waals surface area contributed by atoms with Crippen LogP contribution in [0.4, 0.5) is 0 Å². The highest BCUT2D eigenvalue weighted by atomic mass is 14.2. The van der Waals surface area contributed by atoms with Crippen molar-refractivity contribution in [3.63, 3.8) is 0 Å². The molecule has 0 bridgehead atoms. The Hall–Kier alpha value is -0.260. The summed E-state index contributed by atoms with van der Waals surface area (Å²) in [5.74, 6) is 7.12. The van der Waals surface area contributed by atoms with Crippen LogP contribution in [0.15, 0.2) is 12.2 Å². The molecule has 0 spiro atoms. The van der Waals surface area contributed by atoms with Gasteiger partial charge in [0.25, 0.3) is 0 Å². The molecule has 0 amide bonds. The molecule has 0 nitrogen and oxygen atoms in total. The summed E-state index contributed by atoms with van der Waals surface area (Å²) >= 11 is 0. The Morgan fingerprint density at radius 1 is 0.310 bits per heavy atom. The van der Waals surface area contributed by atoms with Crippen molar-refractivity contribution in [2.75, 3.05) is 0 Å². The summed E-state index contributed by atoms with van der Waals surface area (Å²) in [4.78, 5) is 0. The lowest BCUT2D eigenvalue weighted by Gasteiger charge is -2.17. The van der Waals surface area contributed by atoms with Gasteiger partial charge in [0, 0.05) is 0 Å². The molecule has 0 aromatic rings. The fraction of sp³-hybridized carbons (Fsp3) is 0.952. The lowest BCUT2D eigenvalue weighted by atomic mass is 9.89. The molecular weight excluding hydrogens is 504 g/mol. The molecular formula is C42H84. The van der Waals surface area contributed by atoms with Crippen LogP contribution in [0.25, 0.3) is 0 Å². The summed E-state index contributed by atoms with van der Waals surface area (Å²) in [5, 5.41) is 0. The third kappa shape index (κ3) is 28.5. The second-order valence-corrected chi connectivity index (χ2v) is 16.8. The normalized spacial score (nSPS) is 16.5. The van der Waals surface area contributed by atoms with E-state index in [4.69, 9.17) is 0 Å². The van der Waals surface area contributed by atoms with Crippen LogP contribution < -0.4 is 0 Å². The third-order valence-electron chi connectivity index (χ3n) is 10.5. The second kappa shape index (κ2) is 27.1. The third-order valence-corrected chi connectivity index (χ3v) is 10.5. The number of hydrogen-bond donors (Lipinski definition) is 0. The predicted octanol–water partition coefficient (Wildman–Crippen LogP) is 15.3. The van der Waals surface area contributed by atoms with Crippen molar-refractivity contribution in [1.29, 1.82) is 0 Å². The average molecular weight is 589 g/mol. The van der Waals surface area contributed by atoms with Crippen molar-refractivity contribution in [1.82, 2.24) is 0 Å². The minimum Gasteiger partial charge on any atom is -0.0999 e. The zero-order valence-electron chi connectivity index (χ0n) is 31.4. The maximum atomic E-state index is 4.47. The van der Waals surface area contributed by atoms with Gasteiger partial charge in [-0.1, -0.05) is 197 Å². The maximum Gasteiger partial charge on any atom is -0.0320 e. The minimum absolute atomic E-state index is 0.858. The quantitative estimate of drug-likeness (QED) is 0.0732. The van der Waals surface area contributed by atoms with Crippen LogP contribution in [-0.4, -0.2) is 0 Å². The first kappa shape index (κ1) is 41.7. The average Bonchev–Trinajstić information content (AvgIpc) is 2.90. The van der Waals surface area contributed by atoms with Crippen molar-refractivity contribution in [3.05, 3.63) is 12.2 Å². The maximum absolute atomic E-state index is 4.47. The standard InChI is InChI=1S/C42H84/c1-34(2)18-12-20-36(5)22-14-24-38(7)26-16-28-40(9)30-32-42(11)33-31-41(10)29-17-27-39(8)25-15-23-37(6)21-13-19-35(3)4/h34-41H,11-33H2,1-10H3. The van der Waals surface area contributed by atoms with E-state index in [9.17, 15) is 0 Å². The van der Waals surface area contributed by atoms with Crippen molar-refractivity contribution in [2.24, 2.45) is 47.3 Å². The van der Waals surface area contributed by atoms with Crippen LogP contribution in [0.1, 0.15) is 210 Å². The van der Waals surface area contributed by atoms with E-state index in [1.807, 2.05) is 0 Å². The molecule has 0 rings (SSSR count). The first-order valence-electron chi connectivity index (χ1n) is 19.5. The van der Waals surface area contributed by atoms with Crippen molar-refractivity contribution < 1.29 is 0 Å². The topological polar surface area (TPSA) is 0 Å². The first-order valence-corrected chi connectivity index (χ1v) is 19.5. The molecule has 0 heteroatoms. The lowest BCUT2D eigenvalue weighted by Crippen LogP contribution is -2.02. The van der Waals surface area contributed by atoms with Gasteiger partial charge in [-0.2, -0.15) is 0 Å². The van der Waals surface area contributed by atoms with Crippen LogP contribution in [-0.2, 0) is 0 Å². The lowest BCUT2D eigenvalue weighted by molar-refractivity contribution is 0.371. The van der Waals surface area contributed by atoms with E-state index < -0.39 is 0 Å². The molecule has 0 aromatic heterocycles. The zero-order valence-corrected chi connectivity index (χ0v) is 31.4. The molecule has 0 aliphatic heterocycles. The molecule has 6 atom stereocenters. The van der Waals surface area contributed by atoms with E-state index in [-0.39, 0.29) is 0 Å². The van der Waals surface area contributed by atoms with Crippen molar-refractivity contribution in [2.45, 2.75) is 210 Å². The van der Waals surface area contributed by atoms with Gasteiger partial charge in [0.2, 0.25) is 0 Å². The van der Waals surface area contributed by atoms with Crippen LogP contribution in [0.2, 0.25) is 0 Å². The van der Waals surface area contributed by atoms with Gasteiger partial charge in [0.15, 0.2) is 0 Å². The van der Waals surface area contributed by atoms with Gasteiger partial charge < -0.3 is 0 Å². The Bertz CT molecular complexity index is 535. The van der Waals surface area contributed by atoms with E-state index in [2.05, 4.69) is 75.8 Å². The van der Waals surface area contributed by atoms with Gasteiger partial charge in [-0.25, -0.2) is 0 Å². The van der Waals surface area contributed by atoms with Crippen LogP contribution >= 0.6 is 0 Å². The molecule has 0 saturated carbocycles. The van der Waals surface area contributed by atoms with Gasteiger partial charge in [-0.3, -0.25) is 0 Å². The van der Waals surface area contributed by atoms with E-state index in [1.165, 1.54) is 147 Å². The molecule has 42 heavy (non-hydrogen) atoms. The Balaban J connectivity index is 3.75. The Kier molecular flexibility index (Phi) is 26.9. The molecule has 0 aromatic carbocycles. The summed E-state index contributed by atoms with van der Waals surface area (Å²) < 4.78 is 0. The van der Waals surface area contributed by atoms with Gasteiger partial charge in [0.1, 0.15) is 0 Å². The Morgan fingerprint density at radius 3 is 0.714 bits per heavy atom. The highest BCUT2D eigenvalue weighted by molar-refractivity contribution is 4.94. The SMILES string of the molecule is C=C(CCC(C)CCCC(C)CCCC(C)CCCC(C)C)CCC(C)CCCC(C)CCCC(C)CCCC(C)C. The molecule has 6 unspecified atom stereocenters. The molecule has 0 radical (unpaired) electrons. The molecule has 0 N–H and O–H groups in total. The van der Waals surface area contributed by atoms with Crippen LogP contribution in [0, 0.1) is 47.3 Å². The fourth-order valence-electron chi connectivity index (χ4n) is 6.90. The van der Waals surface area contributed by atoms with Gasteiger partial charge in [-0.15, -0.1) is 0 Å². The number of allylic oxidation sites excluding steroid dienone is 1. The van der Waals surface area contributed by atoms with Gasteiger partial charge >= 0.3 is 0 Å². The van der Waals surface area contributed by atoms with E-state index in [1.54, 1.807) is 0 Å². The van der Waals surface area contributed by atoms with Gasteiger partial charge in [0.05, 0.1) is 0 Å².